The van der Waals surface area contributed by atoms with Crippen LogP contribution in [0.4, 0.5) is 4.39 Å². The molecule has 1 saturated heterocycles. The fourth-order valence-electron chi connectivity index (χ4n) is 2.79. The van der Waals surface area contributed by atoms with Crippen molar-refractivity contribution >= 4 is 23.3 Å². The third-order valence-electron chi connectivity index (χ3n) is 3.94. The molecule has 1 aliphatic rings. The van der Waals surface area contributed by atoms with E-state index in [1.54, 1.807) is 18.3 Å². The van der Waals surface area contributed by atoms with Gasteiger partial charge in [-0.2, -0.15) is 0 Å². The van der Waals surface area contributed by atoms with Crippen molar-refractivity contribution in [1.82, 2.24) is 9.88 Å². The molecule has 0 bridgehead atoms. The number of benzene rings is 1. The Morgan fingerprint density at radius 2 is 2.15 bits per heavy atom. The van der Waals surface area contributed by atoms with Crippen molar-refractivity contribution in [1.29, 1.82) is 0 Å². The molecule has 1 aliphatic heterocycles. The molecular formula is C15H19ClFN3. The molecule has 0 aliphatic carbocycles. The molecule has 2 heterocycles. The largest absolute Gasteiger partial charge is 0.326 e. The average Bonchev–Trinajstić information content (AvgIpc) is 2.72. The molecule has 0 saturated carbocycles. The summed E-state index contributed by atoms with van der Waals surface area (Å²) in [4.78, 5) is 6.64. The number of aromatic nitrogens is 1. The van der Waals surface area contributed by atoms with E-state index in [0.717, 1.165) is 30.7 Å². The number of hydrogen-bond donors (Lipinski definition) is 1. The van der Waals surface area contributed by atoms with E-state index in [-0.39, 0.29) is 24.3 Å². The van der Waals surface area contributed by atoms with E-state index in [1.807, 2.05) is 6.07 Å². The SMILES string of the molecule is CC1CN(Cc2ccc(F)c3cccnc23)CC1N.Cl. The first-order valence-corrected chi connectivity index (χ1v) is 6.65. The fraction of sp³-hybridized carbons (Fsp3) is 0.400. The number of rotatable bonds is 2. The molecule has 5 heteroatoms. The first-order valence-electron chi connectivity index (χ1n) is 6.65. The van der Waals surface area contributed by atoms with Crippen LogP contribution in [0.3, 0.4) is 0 Å². The molecule has 3 rings (SSSR count). The Kier molecular flexibility index (Phi) is 4.58. The van der Waals surface area contributed by atoms with E-state index < -0.39 is 0 Å². The second-order valence-corrected chi connectivity index (χ2v) is 5.44. The van der Waals surface area contributed by atoms with Crippen molar-refractivity contribution in [3.05, 3.63) is 41.8 Å². The van der Waals surface area contributed by atoms with Gasteiger partial charge in [0.25, 0.3) is 0 Å². The Labute approximate surface area is 124 Å². The molecule has 20 heavy (non-hydrogen) atoms. The van der Waals surface area contributed by atoms with Crippen molar-refractivity contribution in [3.8, 4) is 0 Å². The van der Waals surface area contributed by atoms with E-state index in [2.05, 4.69) is 16.8 Å². The van der Waals surface area contributed by atoms with Crippen LogP contribution in [0.15, 0.2) is 30.5 Å². The van der Waals surface area contributed by atoms with E-state index in [0.29, 0.717) is 11.3 Å². The van der Waals surface area contributed by atoms with Gasteiger partial charge >= 0.3 is 0 Å². The molecular weight excluding hydrogens is 277 g/mol. The zero-order valence-electron chi connectivity index (χ0n) is 11.4. The minimum atomic E-state index is -0.210. The highest BCUT2D eigenvalue weighted by molar-refractivity contribution is 5.85. The number of likely N-dealkylation sites (tertiary alicyclic amines) is 1. The van der Waals surface area contributed by atoms with Crippen LogP contribution in [0.2, 0.25) is 0 Å². The van der Waals surface area contributed by atoms with E-state index >= 15 is 0 Å². The Morgan fingerprint density at radius 1 is 1.35 bits per heavy atom. The molecule has 1 aromatic carbocycles. The monoisotopic (exact) mass is 295 g/mol. The highest BCUT2D eigenvalue weighted by atomic mass is 35.5. The zero-order chi connectivity index (χ0) is 13.4. The predicted octanol–water partition coefficient (Wildman–Crippen LogP) is 2.57. The molecule has 2 atom stereocenters. The Balaban J connectivity index is 0.00000147. The maximum Gasteiger partial charge on any atom is 0.132 e. The number of halogens is 2. The van der Waals surface area contributed by atoms with E-state index in [1.165, 1.54) is 6.07 Å². The molecule has 1 aromatic heterocycles. The summed E-state index contributed by atoms with van der Waals surface area (Å²) in [6.07, 6.45) is 1.71. The van der Waals surface area contributed by atoms with Gasteiger partial charge in [0.2, 0.25) is 0 Å². The van der Waals surface area contributed by atoms with Gasteiger partial charge in [-0.05, 0) is 29.7 Å². The lowest BCUT2D eigenvalue weighted by Crippen LogP contribution is -2.28. The summed E-state index contributed by atoms with van der Waals surface area (Å²) < 4.78 is 13.7. The highest BCUT2D eigenvalue weighted by Gasteiger charge is 2.26. The van der Waals surface area contributed by atoms with Crippen LogP contribution in [0.25, 0.3) is 10.9 Å². The van der Waals surface area contributed by atoms with Crippen LogP contribution in [0.5, 0.6) is 0 Å². The maximum absolute atomic E-state index is 13.7. The third kappa shape index (κ3) is 2.77. The number of nitrogens with two attached hydrogens (primary N) is 1. The van der Waals surface area contributed by atoms with Crippen molar-refractivity contribution < 1.29 is 4.39 Å². The normalized spacial score (nSPS) is 22.9. The Bertz CT molecular complexity index is 595. The van der Waals surface area contributed by atoms with Crippen LogP contribution in [0.1, 0.15) is 12.5 Å². The van der Waals surface area contributed by atoms with E-state index in [4.69, 9.17) is 5.73 Å². The van der Waals surface area contributed by atoms with Gasteiger partial charge in [0.15, 0.2) is 0 Å². The van der Waals surface area contributed by atoms with Crippen molar-refractivity contribution in [3.63, 3.8) is 0 Å². The van der Waals surface area contributed by atoms with Crippen molar-refractivity contribution in [2.45, 2.75) is 19.5 Å². The molecule has 0 radical (unpaired) electrons. The molecule has 2 unspecified atom stereocenters. The molecule has 3 nitrogen and oxygen atoms in total. The van der Waals surface area contributed by atoms with Gasteiger partial charge in [-0.15, -0.1) is 12.4 Å². The standard InChI is InChI=1S/C15H18FN3.ClH/c1-10-7-19(9-14(10)17)8-11-4-5-13(16)12-3-2-6-18-15(11)12;/h2-6,10,14H,7-9,17H2,1H3;1H. The Hall–Kier alpha value is -1.23. The molecule has 0 amide bonds. The number of nitrogens with zero attached hydrogens (tertiary/aromatic N) is 2. The van der Waals surface area contributed by atoms with Crippen LogP contribution in [0, 0.1) is 11.7 Å². The smallest absolute Gasteiger partial charge is 0.132 e. The molecule has 1 fully saturated rings. The number of fused-ring (bicyclic) bond motifs is 1. The first kappa shape index (κ1) is 15.2. The van der Waals surface area contributed by atoms with Gasteiger partial charge < -0.3 is 5.73 Å². The van der Waals surface area contributed by atoms with Crippen molar-refractivity contribution in [2.75, 3.05) is 13.1 Å². The zero-order valence-corrected chi connectivity index (χ0v) is 12.2. The van der Waals surface area contributed by atoms with Gasteiger partial charge in [-0.25, -0.2) is 4.39 Å². The topological polar surface area (TPSA) is 42.2 Å². The first-order chi connectivity index (χ1) is 9.15. The lowest BCUT2D eigenvalue weighted by molar-refractivity contribution is 0.320. The fourth-order valence-corrected chi connectivity index (χ4v) is 2.79. The van der Waals surface area contributed by atoms with Gasteiger partial charge in [0.1, 0.15) is 5.82 Å². The van der Waals surface area contributed by atoms with Crippen LogP contribution < -0.4 is 5.73 Å². The summed E-state index contributed by atoms with van der Waals surface area (Å²) in [5.41, 5.74) is 7.87. The van der Waals surface area contributed by atoms with Gasteiger partial charge in [-0.1, -0.05) is 13.0 Å². The maximum atomic E-state index is 13.7. The highest BCUT2D eigenvalue weighted by Crippen LogP contribution is 2.23. The summed E-state index contributed by atoms with van der Waals surface area (Å²) >= 11 is 0. The number of pyridine rings is 1. The molecule has 2 aromatic rings. The summed E-state index contributed by atoms with van der Waals surface area (Å²) in [5, 5.41) is 0.594. The van der Waals surface area contributed by atoms with Crippen molar-refractivity contribution in [2.24, 2.45) is 11.7 Å². The van der Waals surface area contributed by atoms with Crippen LogP contribution in [-0.2, 0) is 6.54 Å². The summed E-state index contributed by atoms with van der Waals surface area (Å²) in [6, 6.07) is 7.14. The molecule has 2 N–H and O–H groups in total. The molecule has 0 spiro atoms. The summed E-state index contributed by atoms with van der Waals surface area (Å²) in [7, 11) is 0. The Morgan fingerprint density at radius 3 is 2.85 bits per heavy atom. The van der Waals surface area contributed by atoms with E-state index in [9.17, 15) is 4.39 Å². The van der Waals surface area contributed by atoms with Gasteiger partial charge in [0, 0.05) is 37.3 Å². The second kappa shape index (κ2) is 6.04. The minimum Gasteiger partial charge on any atom is -0.326 e. The quantitative estimate of drug-likeness (QED) is 0.926. The number of hydrogen-bond acceptors (Lipinski definition) is 3. The lowest BCUT2D eigenvalue weighted by Gasteiger charge is -2.16. The summed E-state index contributed by atoms with van der Waals surface area (Å²) in [6.45, 7) is 4.84. The van der Waals surface area contributed by atoms with Gasteiger partial charge in [0.05, 0.1) is 5.52 Å². The van der Waals surface area contributed by atoms with Crippen LogP contribution >= 0.6 is 12.4 Å². The average molecular weight is 296 g/mol. The second-order valence-electron chi connectivity index (χ2n) is 5.44. The molecule has 108 valence electrons. The summed E-state index contributed by atoms with van der Waals surface area (Å²) in [5.74, 6) is 0.304. The van der Waals surface area contributed by atoms with Crippen LogP contribution in [-0.4, -0.2) is 29.0 Å². The lowest BCUT2D eigenvalue weighted by atomic mass is 10.1. The minimum absolute atomic E-state index is 0. The third-order valence-corrected chi connectivity index (χ3v) is 3.94. The predicted molar refractivity (Wildman–Crippen MR) is 81.4 cm³/mol. The van der Waals surface area contributed by atoms with Gasteiger partial charge in [-0.3, -0.25) is 9.88 Å².